The molecule has 154 valence electrons. The number of piperidine rings is 1. The zero-order chi connectivity index (χ0) is 20.1. The van der Waals surface area contributed by atoms with Gasteiger partial charge in [-0.3, -0.25) is 9.59 Å². The third-order valence-corrected chi connectivity index (χ3v) is 5.91. The number of amides is 1. The molecule has 0 unspecified atom stereocenters. The summed E-state index contributed by atoms with van der Waals surface area (Å²) < 4.78 is 0. The molecule has 0 spiro atoms. The van der Waals surface area contributed by atoms with Crippen LogP contribution in [0.2, 0.25) is 0 Å². The lowest BCUT2D eigenvalue weighted by Crippen LogP contribution is -2.46. The largest absolute Gasteiger partial charge is 0.354 e. The maximum Gasteiger partial charge on any atom is 0.255 e. The van der Waals surface area contributed by atoms with Crippen molar-refractivity contribution in [3.63, 3.8) is 0 Å². The molecule has 0 N–H and O–H groups in total. The molecule has 2 fully saturated rings. The molecule has 28 heavy (non-hydrogen) atoms. The lowest BCUT2D eigenvalue weighted by Gasteiger charge is -2.35. The molecule has 1 amide bonds. The number of hydrogen-bond donors (Lipinski definition) is 0. The SMILES string of the molecule is CCN1CCN(c2ccc(C(=O)N3CCC[C@@H](C(=O)CC(C)C)C3)cn2)CC1. The molecule has 3 heterocycles. The van der Waals surface area contributed by atoms with Gasteiger partial charge in [0.1, 0.15) is 11.6 Å². The fraction of sp³-hybridized carbons (Fsp3) is 0.682. The van der Waals surface area contributed by atoms with Gasteiger partial charge in [-0.05, 0) is 37.4 Å². The summed E-state index contributed by atoms with van der Waals surface area (Å²) in [5.74, 6) is 1.59. The standard InChI is InChI=1S/C22H34N4O2/c1-4-24-10-12-25(13-11-24)21-8-7-18(15-23-21)22(28)26-9-5-6-19(16-26)20(27)14-17(2)3/h7-8,15,17,19H,4-6,9-14,16H2,1-3H3/t19-/m1/s1. The minimum absolute atomic E-state index is 0.00287. The highest BCUT2D eigenvalue weighted by atomic mass is 16.2. The van der Waals surface area contributed by atoms with Crippen molar-refractivity contribution < 1.29 is 9.59 Å². The second-order valence-electron chi connectivity index (χ2n) is 8.48. The third kappa shape index (κ3) is 5.10. The van der Waals surface area contributed by atoms with Crippen LogP contribution >= 0.6 is 0 Å². The number of carbonyl (C=O) groups is 2. The fourth-order valence-corrected chi connectivity index (χ4v) is 4.17. The quantitative estimate of drug-likeness (QED) is 0.752. The summed E-state index contributed by atoms with van der Waals surface area (Å²) in [6.07, 6.45) is 4.10. The first-order chi connectivity index (χ1) is 13.5. The number of aromatic nitrogens is 1. The minimum atomic E-state index is -0.0119. The smallest absolute Gasteiger partial charge is 0.255 e. The average Bonchev–Trinajstić information content (AvgIpc) is 2.73. The van der Waals surface area contributed by atoms with Crippen LogP contribution in [0.25, 0.3) is 0 Å². The molecule has 3 rings (SSSR count). The van der Waals surface area contributed by atoms with E-state index in [2.05, 4.69) is 35.6 Å². The topological polar surface area (TPSA) is 56.8 Å². The summed E-state index contributed by atoms with van der Waals surface area (Å²) in [6.45, 7) is 12.7. The predicted octanol–water partition coefficient (Wildman–Crippen LogP) is 2.69. The Labute approximate surface area is 168 Å². The third-order valence-electron chi connectivity index (χ3n) is 5.91. The molecule has 0 aliphatic carbocycles. The van der Waals surface area contributed by atoms with Gasteiger partial charge < -0.3 is 14.7 Å². The zero-order valence-corrected chi connectivity index (χ0v) is 17.6. The zero-order valence-electron chi connectivity index (χ0n) is 17.6. The second kappa shape index (κ2) is 9.50. The average molecular weight is 387 g/mol. The van der Waals surface area contributed by atoms with Crippen LogP contribution in [0, 0.1) is 11.8 Å². The molecular weight excluding hydrogens is 352 g/mol. The maximum atomic E-state index is 12.9. The van der Waals surface area contributed by atoms with Crippen LogP contribution in [0.1, 0.15) is 50.4 Å². The number of piperazine rings is 1. The molecule has 0 radical (unpaired) electrons. The summed E-state index contributed by atoms with van der Waals surface area (Å²) in [5, 5.41) is 0. The number of nitrogens with zero attached hydrogens (tertiary/aromatic N) is 4. The highest BCUT2D eigenvalue weighted by Crippen LogP contribution is 2.22. The van der Waals surface area contributed by atoms with E-state index in [0.29, 0.717) is 30.2 Å². The van der Waals surface area contributed by atoms with Crippen LogP contribution < -0.4 is 4.90 Å². The molecule has 2 aliphatic rings. The van der Waals surface area contributed by atoms with Gasteiger partial charge in [0.05, 0.1) is 5.56 Å². The van der Waals surface area contributed by atoms with E-state index < -0.39 is 0 Å². The summed E-state index contributed by atoms with van der Waals surface area (Å²) in [7, 11) is 0. The molecule has 2 aliphatic heterocycles. The molecule has 6 heteroatoms. The van der Waals surface area contributed by atoms with E-state index in [0.717, 1.165) is 57.9 Å². The van der Waals surface area contributed by atoms with Crippen molar-refractivity contribution in [2.45, 2.75) is 40.0 Å². The number of rotatable bonds is 6. The Morgan fingerprint density at radius 3 is 2.50 bits per heavy atom. The van der Waals surface area contributed by atoms with Gasteiger partial charge in [0.25, 0.3) is 5.91 Å². The molecule has 0 saturated carbocycles. The van der Waals surface area contributed by atoms with Gasteiger partial charge >= 0.3 is 0 Å². The minimum Gasteiger partial charge on any atom is -0.354 e. The normalized spacial score (nSPS) is 21.2. The molecule has 2 saturated heterocycles. The Hall–Kier alpha value is -1.95. The van der Waals surface area contributed by atoms with Crippen LogP contribution in [0.4, 0.5) is 5.82 Å². The number of carbonyl (C=O) groups excluding carboxylic acids is 2. The molecule has 1 aromatic rings. The van der Waals surface area contributed by atoms with E-state index in [-0.39, 0.29) is 11.8 Å². The number of hydrogen-bond acceptors (Lipinski definition) is 5. The van der Waals surface area contributed by atoms with Gasteiger partial charge in [0, 0.05) is 57.8 Å². The predicted molar refractivity (Wildman–Crippen MR) is 112 cm³/mol. The lowest BCUT2D eigenvalue weighted by molar-refractivity contribution is -0.124. The second-order valence-corrected chi connectivity index (χ2v) is 8.48. The molecule has 0 aromatic carbocycles. The molecule has 1 aromatic heterocycles. The number of anilines is 1. The van der Waals surface area contributed by atoms with Crippen molar-refractivity contribution in [3.05, 3.63) is 23.9 Å². The Kier molecular flexibility index (Phi) is 7.05. The Morgan fingerprint density at radius 1 is 1.14 bits per heavy atom. The first-order valence-electron chi connectivity index (χ1n) is 10.7. The van der Waals surface area contributed by atoms with E-state index >= 15 is 0 Å². The molecule has 6 nitrogen and oxygen atoms in total. The van der Waals surface area contributed by atoms with Crippen molar-refractivity contribution in [2.24, 2.45) is 11.8 Å². The Morgan fingerprint density at radius 2 is 1.89 bits per heavy atom. The van der Waals surface area contributed by atoms with E-state index in [1.54, 1.807) is 6.20 Å². The number of likely N-dealkylation sites (N-methyl/N-ethyl adjacent to an activating group) is 1. The number of ketones is 1. The van der Waals surface area contributed by atoms with Gasteiger partial charge in [0.2, 0.25) is 0 Å². The summed E-state index contributed by atoms with van der Waals surface area (Å²) in [5.41, 5.74) is 0.618. The van der Waals surface area contributed by atoms with Gasteiger partial charge in [-0.25, -0.2) is 4.98 Å². The highest BCUT2D eigenvalue weighted by Gasteiger charge is 2.29. The van der Waals surface area contributed by atoms with Gasteiger partial charge in [-0.2, -0.15) is 0 Å². The number of pyridine rings is 1. The van der Waals surface area contributed by atoms with Crippen LogP contribution in [-0.4, -0.2) is 72.3 Å². The molecule has 0 bridgehead atoms. The van der Waals surface area contributed by atoms with Crippen molar-refractivity contribution in [2.75, 3.05) is 50.7 Å². The monoisotopic (exact) mass is 386 g/mol. The summed E-state index contributed by atoms with van der Waals surface area (Å²) >= 11 is 0. The number of likely N-dealkylation sites (tertiary alicyclic amines) is 1. The van der Waals surface area contributed by atoms with Crippen molar-refractivity contribution in [1.29, 1.82) is 0 Å². The van der Waals surface area contributed by atoms with Crippen LogP contribution in [0.3, 0.4) is 0 Å². The summed E-state index contributed by atoms with van der Waals surface area (Å²) in [6, 6.07) is 3.84. The molecular formula is C22H34N4O2. The summed E-state index contributed by atoms with van der Waals surface area (Å²) in [4.78, 5) is 36.4. The van der Waals surface area contributed by atoms with Crippen LogP contribution in [0.5, 0.6) is 0 Å². The van der Waals surface area contributed by atoms with Crippen LogP contribution in [-0.2, 0) is 4.79 Å². The van der Waals surface area contributed by atoms with Crippen molar-refractivity contribution in [3.8, 4) is 0 Å². The first-order valence-corrected chi connectivity index (χ1v) is 10.7. The van der Waals surface area contributed by atoms with Crippen molar-refractivity contribution in [1.82, 2.24) is 14.8 Å². The maximum absolute atomic E-state index is 12.9. The van der Waals surface area contributed by atoms with Gasteiger partial charge in [-0.15, -0.1) is 0 Å². The van der Waals surface area contributed by atoms with Crippen LogP contribution in [0.15, 0.2) is 18.3 Å². The molecule has 1 atom stereocenters. The first kappa shape index (κ1) is 20.8. The van der Waals surface area contributed by atoms with E-state index in [1.165, 1.54) is 0 Å². The van der Waals surface area contributed by atoms with Gasteiger partial charge in [-0.1, -0.05) is 20.8 Å². The van der Waals surface area contributed by atoms with Gasteiger partial charge in [0.15, 0.2) is 0 Å². The van der Waals surface area contributed by atoms with E-state index in [1.807, 2.05) is 17.0 Å². The van der Waals surface area contributed by atoms with E-state index in [4.69, 9.17) is 0 Å². The Bertz CT molecular complexity index is 666. The fourth-order valence-electron chi connectivity index (χ4n) is 4.17. The van der Waals surface area contributed by atoms with Crippen molar-refractivity contribution >= 4 is 17.5 Å². The van der Waals surface area contributed by atoms with E-state index in [9.17, 15) is 9.59 Å². The lowest BCUT2D eigenvalue weighted by atomic mass is 9.89. The Balaban J connectivity index is 1.59. The number of Topliss-reactive ketones (excluding diaryl/α,β-unsaturated/α-hetero) is 1. The highest BCUT2D eigenvalue weighted by molar-refractivity contribution is 5.94.